The van der Waals surface area contributed by atoms with Gasteiger partial charge in [-0.2, -0.15) is 0 Å². The molecule has 1 amide bonds. The van der Waals surface area contributed by atoms with Crippen LogP contribution in [-0.2, 0) is 9.59 Å². The molecule has 1 aliphatic rings. The number of amides is 1. The molecule has 1 N–H and O–H groups in total. The predicted molar refractivity (Wildman–Crippen MR) is 127 cm³/mol. The Labute approximate surface area is 204 Å². The standard InChI is InChI=1S/C25H18Cl2FNO5/c1-33-19-10-8-14(12-17(19)27)29-22(15-5-3-4-6-18(15)28)21(24(31)25(29)32)23(30)13-7-9-16(26)20(11-13)34-2/h3-12,22,30H,1-2H3/b23-21+. The van der Waals surface area contributed by atoms with Crippen molar-refractivity contribution in [3.05, 3.63) is 93.2 Å². The van der Waals surface area contributed by atoms with E-state index in [-0.39, 0.29) is 38.2 Å². The number of methoxy groups -OCH3 is 2. The molecular weight excluding hydrogens is 484 g/mol. The van der Waals surface area contributed by atoms with E-state index in [0.29, 0.717) is 5.75 Å². The van der Waals surface area contributed by atoms with Gasteiger partial charge in [0.25, 0.3) is 11.7 Å². The SMILES string of the molecule is COc1ccc(N2C(=O)C(=O)/C(=C(/O)c3ccc(Cl)c(OC)c3)C2c2ccccc2F)cc1Cl. The molecule has 1 atom stereocenters. The molecular formula is C25H18Cl2FNO5. The molecule has 3 aromatic rings. The number of aliphatic hydroxyl groups excluding tert-OH is 1. The normalized spacial score (nSPS) is 17.2. The van der Waals surface area contributed by atoms with Gasteiger partial charge in [0, 0.05) is 16.8 Å². The Balaban J connectivity index is 1.97. The van der Waals surface area contributed by atoms with Gasteiger partial charge in [-0.25, -0.2) is 4.39 Å². The van der Waals surface area contributed by atoms with Crippen LogP contribution in [0.5, 0.6) is 11.5 Å². The van der Waals surface area contributed by atoms with Gasteiger partial charge in [0.2, 0.25) is 0 Å². The lowest BCUT2D eigenvalue weighted by Gasteiger charge is -2.26. The quantitative estimate of drug-likeness (QED) is 0.272. The van der Waals surface area contributed by atoms with E-state index >= 15 is 0 Å². The minimum absolute atomic E-state index is 0.0242. The number of halogens is 3. The summed E-state index contributed by atoms with van der Waals surface area (Å²) in [5.74, 6) is -2.46. The Morgan fingerprint density at radius 1 is 0.941 bits per heavy atom. The van der Waals surface area contributed by atoms with Crippen molar-refractivity contribution in [2.24, 2.45) is 0 Å². The fourth-order valence-electron chi connectivity index (χ4n) is 3.86. The lowest BCUT2D eigenvalue weighted by molar-refractivity contribution is -0.132. The fourth-order valence-corrected chi connectivity index (χ4v) is 4.30. The van der Waals surface area contributed by atoms with E-state index in [0.717, 1.165) is 4.90 Å². The van der Waals surface area contributed by atoms with Crippen LogP contribution < -0.4 is 14.4 Å². The molecule has 0 saturated carbocycles. The van der Waals surface area contributed by atoms with Gasteiger partial charge in [0.05, 0.1) is 35.9 Å². The van der Waals surface area contributed by atoms with Gasteiger partial charge >= 0.3 is 0 Å². The molecule has 0 radical (unpaired) electrons. The number of benzene rings is 3. The summed E-state index contributed by atoms with van der Waals surface area (Å²) >= 11 is 12.3. The van der Waals surface area contributed by atoms with Crippen LogP contribution in [0.2, 0.25) is 10.0 Å². The molecule has 1 unspecified atom stereocenters. The number of nitrogens with zero attached hydrogens (tertiary/aromatic N) is 1. The zero-order valence-corrected chi connectivity index (χ0v) is 19.5. The third-order valence-electron chi connectivity index (χ3n) is 5.48. The average Bonchev–Trinajstić information content (AvgIpc) is 3.09. The van der Waals surface area contributed by atoms with Gasteiger partial charge in [0.15, 0.2) is 0 Å². The number of hydrogen-bond acceptors (Lipinski definition) is 5. The number of anilines is 1. The number of carbonyl (C=O) groups excluding carboxylic acids is 2. The zero-order chi connectivity index (χ0) is 24.6. The van der Waals surface area contributed by atoms with Crippen LogP contribution in [0.15, 0.2) is 66.2 Å². The molecule has 0 aromatic heterocycles. The smallest absolute Gasteiger partial charge is 0.300 e. The Morgan fingerprint density at radius 3 is 2.29 bits per heavy atom. The third-order valence-corrected chi connectivity index (χ3v) is 6.09. The lowest BCUT2D eigenvalue weighted by Crippen LogP contribution is -2.29. The van der Waals surface area contributed by atoms with Crippen LogP contribution in [0.25, 0.3) is 5.76 Å². The molecule has 9 heteroatoms. The highest BCUT2D eigenvalue weighted by Gasteiger charge is 2.48. The summed E-state index contributed by atoms with van der Waals surface area (Å²) in [6, 6.07) is 13.3. The molecule has 1 heterocycles. The van der Waals surface area contributed by atoms with Crippen LogP contribution >= 0.6 is 23.2 Å². The van der Waals surface area contributed by atoms with Crippen molar-refractivity contribution >= 4 is 46.3 Å². The molecule has 34 heavy (non-hydrogen) atoms. The van der Waals surface area contributed by atoms with Crippen molar-refractivity contribution in [3.8, 4) is 11.5 Å². The first-order chi connectivity index (χ1) is 16.3. The number of ketones is 1. The highest BCUT2D eigenvalue weighted by atomic mass is 35.5. The van der Waals surface area contributed by atoms with Crippen molar-refractivity contribution < 1.29 is 28.6 Å². The first-order valence-electron chi connectivity index (χ1n) is 10.0. The van der Waals surface area contributed by atoms with Gasteiger partial charge in [-0.15, -0.1) is 0 Å². The summed E-state index contributed by atoms with van der Waals surface area (Å²) in [7, 11) is 2.84. The van der Waals surface area contributed by atoms with Crippen molar-refractivity contribution in [2.75, 3.05) is 19.1 Å². The Morgan fingerprint density at radius 2 is 1.65 bits per heavy atom. The zero-order valence-electron chi connectivity index (χ0n) is 18.0. The molecule has 0 bridgehead atoms. The summed E-state index contributed by atoms with van der Waals surface area (Å²) in [6.07, 6.45) is 0. The second kappa shape index (κ2) is 9.37. The highest BCUT2D eigenvalue weighted by Crippen LogP contribution is 2.44. The predicted octanol–water partition coefficient (Wildman–Crippen LogP) is 5.78. The minimum atomic E-state index is -1.26. The van der Waals surface area contributed by atoms with E-state index in [2.05, 4.69) is 0 Å². The molecule has 174 valence electrons. The highest BCUT2D eigenvalue weighted by molar-refractivity contribution is 6.52. The summed E-state index contributed by atoms with van der Waals surface area (Å²) < 4.78 is 25.3. The first kappa shape index (κ1) is 23.6. The van der Waals surface area contributed by atoms with E-state index in [1.54, 1.807) is 6.07 Å². The second-order valence-electron chi connectivity index (χ2n) is 7.36. The summed E-state index contributed by atoms with van der Waals surface area (Å²) in [5, 5.41) is 11.6. The van der Waals surface area contributed by atoms with Crippen molar-refractivity contribution in [1.29, 1.82) is 0 Å². The van der Waals surface area contributed by atoms with Crippen LogP contribution in [-0.4, -0.2) is 31.0 Å². The largest absolute Gasteiger partial charge is 0.507 e. The Bertz CT molecular complexity index is 1340. The number of carbonyl (C=O) groups is 2. The Kier molecular flexibility index (Phi) is 6.50. The maximum atomic E-state index is 15.0. The van der Waals surface area contributed by atoms with Crippen LogP contribution in [0.1, 0.15) is 17.2 Å². The van der Waals surface area contributed by atoms with E-state index in [9.17, 15) is 19.1 Å². The molecule has 4 rings (SSSR count). The van der Waals surface area contributed by atoms with Gasteiger partial charge in [-0.05, 0) is 42.5 Å². The van der Waals surface area contributed by atoms with Crippen molar-refractivity contribution in [2.45, 2.75) is 6.04 Å². The third kappa shape index (κ3) is 3.97. The fraction of sp³-hybridized carbons (Fsp3) is 0.120. The van der Waals surface area contributed by atoms with E-state index in [4.69, 9.17) is 32.7 Å². The van der Waals surface area contributed by atoms with Crippen LogP contribution in [0.3, 0.4) is 0 Å². The maximum Gasteiger partial charge on any atom is 0.300 e. The summed E-state index contributed by atoms with van der Waals surface area (Å²) in [4.78, 5) is 27.5. The van der Waals surface area contributed by atoms with Crippen LogP contribution in [0, 0.1) is 5.82 Å². The van der Waals surface area contributed by atoms with Gasteiger partial charge in [-0.1, -0.05) is 41.4 Å². The molecule has 6 nitrogen and oxygen atoms in total. The van der Waals surface area contributed by atoms with Gasteiger partial charge < -0.3 is 14.6 Å². The average molecular weight is 502 g/mol. The van der Waals surface area contributed by atoms with Crippen LogP contribution in [0.4, 0.5) is 10.1 Å². The molecule has 0 aliphatic carbocycles. The molecule has 0 spiro atoms. The number of rotatable bonds is 5. The molecule has 1 saturated heterocycles. The summed E-state index contributed by atoms with van der Waals surface area (Å²) in [6.45, 7) is 0. The maximum absolute atomic E-state index is 15.0. The second-order valence-corrected chi connectivity index (χ2v) is 8.17. The van der Waals surface area contributed by atoms with E-state index in [1.165, 1.54) is 68.8 Å². The number of ether oxygens (including phenoxy) is 2. The van der Waals surface area contributed by atoms with E-state index in [1.807, 2.05) is 0 Å². The Hall–Kier alpha value is -3.55. The minimum Gasteiger partial charge on any atom is -0.507 e. The van der Waals surface area contributed by atoms with Gasteiger partial charge in [-0.3, -0.25) is 14.5 Å². The monoisotopic (exact) mass is 501 g/mol. The summed E-state index contributed by atoms with van der Waals surface area (Å²) in [5.41, 5.74) is 0.143. The number of aliphatic hydroxyl groups is 1. The molecule has 1 aliphatic heterocycles. The lowest BCUT2D eigenvalue weighted by atomic mass is 9.94. The number of hydrogen-bond donors (Lipinski definition) is 1. The molecule has 3 aromatic carbocycles. The first-order valence-corrected chi connectivity index (χ1v) is 10.8. The number of Topliss-reactive ketones (excluding diaryl/α,β-unsaturated/α-hetero) is 1. The topological polar surface area (TPSA) is 76.1 Å². The van der Waals surface area contributed by atoms with Crippen molar-refractivity contribution in [1.82, 2.24) is 0 Å². The van der Waals surface area contributed by atoms with E-state index < -0.39 is 29.3 Å². The molecule has 1 fully saturated rings. The van der Waals surface area contributed by atoms with Gasteiger partial charge in [0.1, 0.15) is 23.1 Å². The van der Waals surface area contributed by atoms with Crippen molar-refractivity contribution in [3.63, 3.8) is 0 Å².